The lowest BCUT2D eigenvalue weighted by Gasteiger charge is -2.06. The fraction of sp³-hybridized carbons (Fsp3) is 0.529. The molecule has 0 spiro atoms. The lowest BCUT2D eigenvalue weighted by atomic mass is 10.1. The zero-order valence-corrected chi connectivity index (χ0v) is 12.4. The molecule has 1 aromatic carbocycles. The first-order valence-corrected chi connectivity index (χ1v) is 7.49. The maximum absolute atomic E-state index is 3.52. The molecule has 0 saturated heterocycles. The van der Waals surface area contributed by atoms with Crippen LogP contribution in [0.4, 0.5) is 0 Å². The van der Waals surface area contributed by atoms with Crippen molar-refractivity contribution in [1.82, 2.24) is 9.88 Å². The maximum Gasteiger partial charge on any atom is 0.0483 e. The third kappa shape index (κ3) is 3.60. The van der Waals surface area contributed by atoms with Gasteiger partial charge >= 0.3 is 0 Å². The Labute approximate surface area is 116 Å². The van der Waals surface area contributed by atoms with Crippen LogP contribution in [0.15, 0.2) is 30.5 Å². The van der Waals surface area contributed by atoms with Crippen molar-refractivity contribution < 1.29 is 0 Å². The normalized spacial score (nSPS) is 11.6. The van der Waals surface area contributed by atoms with Gasteiger partial charge in [0, 0.05) is 23.6 Å². The minimum atomic E-state index is 0.738. The van der Waals surface area contributed by atoms with E-state index in [1.165, 1.54) is 29.3 Å². The van der Waals surface area contributed by atoms with Crippen molar-refractivity contribution in [2.75, 3.05) is 13.1 Å². The molecule has 0 saturated carbocycles. The summed E-state index contributed by atoms with van der Waals surface area (Å²) in [6.07, 6.45) is 4.70. The van der Waals surface area contributed by atoms with E-state index in [-0.39, 0.29) is 0 Å². The number of hydrogen-bond acceptors (Lipinski definition) is 1. The van der Waals surface area contributed by atoms with Gasteiger partial charge in [-0.15, -0.1) is 0 Å². The second-order valence-corrected chi connectivity index (χ2v) is 5.66. The van der Waals surface area contributed by atoms with Gasteiger partial charge in [0.05, 0.1) is 0 Å². The largest absolute Gasteiger partial charge is 0.347 e. The van der Waals surface area contributed by atoms with Crippen LogP contribution in [0.2, 0.25) is 0 Å². The summed E-state index contributed by atoms with van der Waals surface area (Å²) in [4.78, 5) is 0. The number of aromatic nitrogens is 1. The molecule has 0 radical (unpaired) electrons. The molecule has 0 atom stereocenters. The van der Waals surface area contributed by atoms with Crippen LogP contribution in [0, 0.1) is 5.92 Å². The Kier molecular flexibility index (Phi) is 5.03. The number of fused-ring (bicyclic) bond motifs is 1. The highest BCUT2D eigenvalue weighted by Crippen LogP contribution is 2.22. The monoisotopic (exact) mass is 258 g/mol. The molecule has 104 valence electrons. The quantitative estimate of drug-likeness (QED) is 0.747. The van der Waals surface area contributed by atoms with E-state index in [4.69, 9.17) is 0 Å². The third-order valence-electron chi connectivity index (χ3n) is 3.56. The molecule has 1 heterocycles. The van der Waals surface area contributed by atoms with Gasteiger partial charge in [-0.1, -0.05) is 32.0 Å². The Morgan fingerprint density at radius 2 is 2.00 bits per heavy atom. The summed E-state index contributed by atoms with van der Waals surface area (Å²) >= 11 is 0. The highest BCUT2D eigenvalue weighted by molar-refractivity contribution is 5.83. The van der Waals surface area contributed by atoms with Crippen LogP contribution in [0.5, 0.6) is 0 Å². The fourth-order valence-electron chi connectivity index (χ4n) is 2.58. The van der Waals surface area contributed by atoms with E-state index >= 15 is 0 Å². The topological polar surface area (TPSA) is 17.0 Å². The number of aryl methyl sites for hydroxylation is 2. The Balaban J connectivity index is 1.97. The van der Waals surface area contributed by atoms with E-state index in [0.29, 0.717) is 0 Å². The van der Waals surface area contributed by atoms with Crippen LogP contribution in [0.1, 0.15) is 32.8 Å². The highest BCUT2D eigenvalue weighted by atomic mass is 14.9. The van der Waals surface area contributed by atoms with Gasteiger partial charge in [-0.25, -0.2) is 0 Å². The number of rotatable bonds is 7. The predicted molar refractivity (Wildman–Crippen MR) is 83.6 cm³/mol. The second-order valence-electron chi connectivity index (χ2n) is 5.66. The summed E-state index contributed by atoms with van der Waals surface area (Å²) < 4.78 is 2.35. The average Bonchev–Trinajstić information content (AvgIpc) is 2.76. The molecular formula is C17H26N2. The van der Waals surface area contributed by atoms with Gasteiger partial charge in [0.1, 0.15) is 0 Å². The molecule has 1 aromatic heterocycles. The Morgan fingerprint density at radius 1 is 1.21 bits per heavy atom. The summed E-state index contributed by atoms with van der Waals surface area (Å²) in [5.41, 5.74) is 2.86. The number of nitrogens with one attached hydrogen (secondary N) is 1. The molecule has 0 unspecified atom stereocenters. The number of benzene rings is 1. The SMILES string of the molecule is CCn1cc(CCCNCC(C)C)c2ccccc21. The van der Waals surface area contributed by atoms with E-state index in [9.17, 15) is 0 Å². The molecule has 0 fully saturated rings. The van der Waals surface area contributed by atoms with Crippen LogP contribution in [-0.4, -0.2) is 17.7 Å². The van der Waals surface area contributed by atoms with Crippen molar-refractivity contribution in [1.29, 1.82) is 0 Å². The first kappa shape index (κ1) is 14.1. The highest BCUT2D eigenvalue weighted by Gasteiger charge is 2.06. The molecule has 2 heteroatoms. The summed E-state index contributed by atoms with van der Waals surface area (Å²) in [5, 5.41) is 4.94. The van der Waals surface area contributed by atoms with Crippen LogP contribution in [0.3, 0.4) is 0 Å². The number of hydrogen-bond donors (Lipinski definition) is 1. The third-order valence-corrected chi connectivity index (χ3v) is 3.56. The van der Waals surface area contributed by atoms with Gasteiger partial charge in [-0.2, -0.15) is 0 Å². The van der Waals surface area contributed by atoms with Crippen LogP contribution >= 0.6 is 0 Å². The minimum Gasteiger partial charge on any atom is -0.347 e. The Morgan fingerprint density at radius 3 is 2.74 bits per heavy atom. The van der Waals surface area contributed by atoms with Crippen molar-refractivity contribution in [3.05, 3.63) is 36.0 Å². The number of para-hydroxylation sites is 1. The summed E-state index contributed by atoms with van der Waals surface area (Å²) in [6, 6.07) is 8.74. The number of nitrogens with zero attached hydrogens (tertiary/aromatic N) is 1. The van der Waals surface area contributed by atoms with Crippen molar-refractivity contribution in [2.24, 2.45) is 5.92 Å². The van der Waals surface area contributed by atoms with Crippen molar-refractivity contribution in [2.45, 2.75) is 40.2 Å². The van der Waals surface area contributed by atoms with Crippen molar-refractivity contribution in [3.63, 3.8) is 0 Å². The van der Waals surface area contributed by atoms with Crippen LogP contribution < -0.4 is 5.32 Å². The van der Waals surface area contributed by atoms with Gasteiger partial charge in [0.2, 0.25) is 0 Å². The maximum atomic E-state index is 3.52. The van der Waals surface area contributed by atoms with Gasteiger partial charge in [0.15, 0.2) is 0 Å². The molecule has 0 aliphatic rings. The predicted octanol–water partition coefficient (Wildman–Crippen LogP) is 3.84. The molecule has 0 bridgehead atoms. The van der Waals surface area contributed by atoms with Crippen molar-refractivity contribution in [3.8, 4) is 0 Å². The average molecular weight is 258 g/mol. The molecule has 0 aliphatic heterocycles. The van der Waals surface area contributed by atoms with Gasteiger partial charge in [-0.05, 0) is 50.4 Å². The lowest BCUT2D eigenvalue weighted by molar-refractivity contribution is 0.543. The van der Waals surface area contributed by atoms with E-state index in [1.54, 1.807) is 0 Å². The standard InChI is InChI=1S/C17H26N2/c1-4-19-13-15(8-7-11-18-12-14(2)3)16-9-5-6-10-17(16)19/h5-6,9-10,13-14,18H,4,7-8,11-12H2,1-3H3. The minimum absolute atomic E-state index is 0.738. The molecular weight excluding hydrogens is 232 g/mol. The van der Waals surface area contributed by atoms with Crippen LogP contribution in [0.25, 0.3) is 10.9 Å². The molecule has 0 aliphatic carbocycles. The molecule has 2 rings (SSSR count). The molecule has 2 nitrogen and oxygen atoms in total. The molecule has 0 amide bonds. The van der Waals surface area contributed by atoms with Crippen LogP contribution in [-0.2, 0) is 13.0 Å². The van der Waals surface area contributed by atoms with Crippen molar-refractivity contribution >= 4 is 10.9 Å². The van der Waals surface area contributed by atoms with Gasteiger partial charge in [-0.3, -0.25) is 0 Å². The van der Waals surface area contributed by atoms with E-state index in [2.05, 4.69) is 61.1 Å². The zero-order valence-electron chi connectivity index (χ0n) is 12.4. The summed E-state index contributed by atoms with van der Waals surface area (Å²) in [6.45, 7) is 10.00. The van der Waals surface area contributed by atoms with Gasteiger partial charge < -0.3 is 9.88 Å². The fourth-order valence-corrected chi connectivity index (χ4v) is 2.58. The molecule has 1 N–H and O–H groups in total. The van der Waals surface area contributed by atoms with Gasteiger partial charge in [0.25, 0.3) is 0 Å². The molecule has 19 heavy (non-hydrogen) atoms. The zero-order chi connectivity index (χ0) is 13.7. The van der Waals surface area contributed by atoms with E-state index < -0.39 is 0 Å². The first-order chi connectivity index (χ1) is 9.22. The summed E-state index contributed by atoms with van der Waals surface area (Å²) in [7, 11) is 0. The van der Waals surface area contributed by atoms with E-state index in [0.717, 1.165) is 25.6 Å². The lowest BCUT2D eigenvalue weighted by Crippen LogP contribution is -2.21. The smallest absolute Gasteiger partial charge is 0.0483 e. The first-order valence-electron chi connectivity index (χ1n) is 7.49. The summed E-state index contributed by atoms with van der Waals surface area (Å²) in [5.74, 6) is 0.738. The van der Waals surface area contributed by atoms with E-state index in [1.807, 2.05) is 0 Å². The second kappa shape index (κ2) is 6.76. The molecule has 2 aromatic rings. The Hall–Kier alpha value is -1.28. The Bertz CT molecular complexity index is 511.